The largest absolute Gasteiger partial charge is 0.311 e. The zero-order valence-corrected chi connectivity index (χ0v) is 11.4. The zero-order valence-electron chi connectivity index (χ0n) is 8.94. The SMILES string of the molecule is N#Cc1ccc(CNCC2CSCCS2)s1. The standard InChI is InChI=1S/C11H14N2S3/c12-5-9-1-2-10(16-9)6-13-7-11-8-14-3-4-15-11/h1-2,11,13H,3-4,6-8H2. The van der Waals surface area contributed by atoms with Crippen molar-refractivity contribution in [1.29, 1.82) is 5.26 Å². The van der Waals surface area contributed by atoms with Gasteiger partial charge in [0, 0.05) is 40.5 Å². The quantitative estimate of drug-likeness (QED) is 0.912. The Morgan fingerprint density at radius 1 is 1.44 bits per heavy atom. The molecule has 0 amide bonds. The highest BCUT2D eigenvalue weighted by molar-refractivity contribution is 8.06. The minimum atomic E-state index is 0.758. The lowest BCUT2D eigenvalue weighted by Gasteiger charge is -2.20. The normalized spacial score (nSPS) is 20.6. The van der Waals surface area contributed by atoms with E-state index in [9.17, 15) is 0 Å². The van der Waals surface area contributed by atoms with Crippen LogP contribution in [0.5, 0.6) is 0 Å². The van der Waals surface area contributed by atoms with Crippen molar-refractivity contribution in [2.24, 2.45) is 0 Å². The van der Waals surface area contributed by atoms with Gasteiger partial charge < -0.3 is 5.32 Å². The summed E-state index contributed by atoms with van der Waals surface area (Å²) in [6.45, 7) is 1.98. The van der Waals surface area contributed by atoms with Gasteiger partial charge in [-0.1, -0.05) is 0 Å². The van der Waals surface area contributed by atoms with E-state index >= 15 is 0 Å². The van der Waals surface area contributed by atoms with Crippen LogP contribution in [0.2, 0.25) is 0 Å². The highest BCUT2D eigenvalue weighted by Crippen LogP contribution is 2.23. The summed E-state index contributed by atoms with van der Waals surface area (Å²) in [7, 11) is 0. The first-order valence-corrected chi connectivity index (χ1v) is 8.29. The fraction of sp³-hybridized carbons (Fsp3) is 0.545. The van der Waals surface area contributed by atoms with Gasteiger partial charge in [-0.05, 0) is 12.1 Å². The van der Waals surface area contributed by atoms with Crippen LogP contribution in [0.1, 0.15) is 9.75 Å². The highest BCUT2D eigenvalue weighted by Gasteiger charge is 2.13. The van der Waals surface area contributed by atoms with Crippen LogP contribution in [0.15, 0.2) is 12.1 Å². The third kappa shape index (κ3) is 3.70. The molecule has 0 saturated carbocycles. The van der Waals surface area contributed by atoms with Crippen molar-refractivity contribution in [1.82, 2.24) is 5.32 Å². The van der Waals surface area contributed by atoms with Gasteiger partial charge in [-0.25, -0.2) is 0 Å². The summed E-state index contributed by atoms with van der Waals surface area (Å²) in [5.74, 6) is 3.86. The lowest BCUT2D eigenvalue weighted by atomic mass is 10.4. The summed E-state index contributed by atoms with van der Waals surface area (Å²) >= 11 is 5.72. The molecule has 1 atom stereocenters. The van der Waals surface area contributed by atoms with Crippen LogP contribution in [0.25, 0.3) is 0 Å². The molecular weight excluding hydrogens is 256 g/mol. The van der Waals surface area contributed by atoms with Gasteiger partial charge in [-0.2, -0.15) is 28.8 Å². The summed E-state index contributed by atoms with van der Waals surface area (Å²) < 4.78 is 0. The second-order valence-electron chi connectivity index (χ2n) is 3.58. The number of hydrogen-bond acceptors (Lipinski definition) is 5. The molecule has 0 aliphatic carbocycles. The molecule has 0 spiro atoms. The Labute approximate surface area is 109 Å². The van der Waals surface area contributed by atoms with Crippen molar-refractivity contribution in [3.05, 3.63) is 21.9 Å². The third-order valence-corrected chi connectivity index (χ3v) is 6.16. The molecule has 1 aliphatic heterocycles. The molecular formula is C11H14N2S3. The molecule has 2 rings (SSSR count). The van der Waals surface area contributed by atoms with Gasteiger partial charge in [0.1, 0.15) is 10.9 Å². The van der Waals surface area contributed by atoms with Crippen LogP contribution in [0.4, 0.5) is 0 Å². The molecule has 5 heteroatoms. The molecule has 1 N–H and O–H groups in total. The first kappa shape index (κ1) is 12.3. The van der Waals surface area contributed by atoms with E-state index in [-0.39, 0.29) is 0 Å². The monoisotopic (exact) mass is 270 g/mol. The fourth-order valence-electron chi connectivity index (χ4n) is 1.54. The van der Waals surface area contributed by atoms with Gasteiger partial charge in [-0.15, -0.1) is 11.3 Å². The number of hydrogen-bond donors (Lipinski definition) is 1. The van der Waals surface area contributed by atoms with Crippen LogP contribution < -0.4 is 5.32 Å². The van der Waals surface area contributed by atoms with E-state index in [1.165, 1.54) is 22.1 Å². The molecule has 86 valence electrons. The van der Waals surface area contributed by atoms with Crippen molar-refractivity contribution >= 4 is 34.9 Å². The molecule has 1 aromatic rings. The van der Waals surface area contributed by atoms with Gasteiger partial charge in [0.25, 0.3) is 0 Å². The molecule has 2 heterocycles. The topological polar surface area (TPSA) is 35.8 Å². The van der Waals surface area contributed by atoms with Gasteiger partial charge in [-0.3, -0.25) is 0 Å². The molecule has 16 heavy (non-hydrogen) atoms. The van der Waals surface area contributed by atoms with Crippen molar-refractivity contribution in [2.75, 3.05) is 23.8 Å². The van der Waals surface area contributed by atoms with E-state index in [0.717, 1.165) is 23.2 Å². The van der Waals surface area contributed by atoms with Gasteiger partial charge in [0.05, 0.1) is 0 Å². The van der Waals surface area contributed by atoms with Crippen molar-refractivity contribution in [3.8, 4) is 6.07 Å². The summed E-state index contributed by atoms with van der Waals surface area (Å²) in [4.78, 5) is 2.06. The Kier molecular flexibility index (Phi) is 5.04. The van der Waals surface area contributed by atoms with E-state index in [0.29, 0.717) is 0 Å². The number of thiophene rings is 1. The van der Waals surface area contributed by atoms with Crippen LogP contribution in [-0.4, -0.2) is 29.1 Å². The van der Waals surface area contributed by atoms with E-state index in [1.54, 1.807) is 11.3 Å². The first-order chi connectivity index (χ1) is 7.88. The minimum absolute atomic E-state index is 0.758. The molecule has 0 aromatic carbocycles. The van der Waals surface area contributed by atoms with Crippen molar-refractivity contribution in [2.45, 2.75) is 11.8 Å². The van der Waals surface area contributed by atoms with Crippen molar-refractivity contribution < 1.29 is 0 Å². The van der Waals surface area contributed by atoms with E-state index in [1.807, 2.05) is 12.1 Å². The average Bonchev–Trinajstić information content (AvgIpc) is 2.78. The van der Waals surface area contributed by atoms with Crippen LogP contribution in [-0.2, 0) is 6.54 Å². The Bertz CT molecular complexity index is 364. The molecule has 1 unspecified atom stereocenters. The number of nitrogens with zero attached hydrogens (tertiary/aromatic N) is 1. The molecule has 1 aliphatic rings. The Morgan fingerprint density at radius 3 is 3.06 bits per heavy atom. The van der Waals surface area contributed by atoms with Crippen molar-refractivity contribution in [3.63, 3.8) is 0 Å². The molecule has 1 saturated heterocycles. The number of nitrogens with one attached hydrogen (secondary N) is 1. The maximum Gasteiger partial charge on any atom is 0.110 e. The smallest absolute Gasteiger partial charge is 0.110 e. The summed E-state index contributed by atoms with van der Waals surface area (Å²) in [5, 5.41) is 12.9. The van der Waals surface area contributed by atoms with Crippen LogP contribution in [0.3, 0.4) is 0 Å². The van der Waals surface area contributed by atoms with Gasteiger partial charge in [0.15, 0.2) is 0 Å². The fourth-order valence-corrected chi connectivity index (χ4v) is 4.96. The first-order valence-electron chi connectivity index (χ1n) is 5.27. The molecule has 1 fully saturated rings. The minimum Gasteiger partial charge on any atom is -0.311 e. The number of nitriles is 1. The predicted octanol–water partition coefficient (Wildman–Crippen LogP) is 2.56. The number of thioether (sulfide) groups is 2. The molecule has 0 radical (unpaired) electrons. The Morgan fingerprint density at radius 2 is 2.38 bits per heavy atom. The predicted molar refractivity (Wildman–Crippen MR) is 74.3 cm³/mol. The maximum absolute atomic E-state index is 8.71. The van der Waals surface area contributed by atoms with Crippen LogP contribution in [0, 0.1) is 11.3 Å². The second-order valence-corrected chi connectivity index (χ2v) is 7.30. The third-order valence-electron chi connectivity index (χ3n) is 2.33. The lowest BCUT2D eigenvalue weighted by Crippen LogP contribution is -2.28. The maximum atomic E-state index is 8.71. The zero-order chi connectivity index (χ0) is 11.2. The second kappa shape index (κ2) is 6.55. The van der Waals surface area contributed by atoms with E-state index in [2.05, 4.69) is 34.9 Å². The Hall–Kier alpha value is -0.150. The van der Waals surface area contributed by atoms with Gasteiger partial charge in [0.2, 0.25) is 0 Å². The van der Waals surface area contributed by atoms with Gasteiger partial charge >= 0.3 is 0 Å². The molecule has 2 nitrogen and oxygen atoms in total. The Balaban J connectivity index is 1.69. The van der Waals surface area contributed by atoms with E-state index < -0.39 is 0 Å². The summed E-state index contributed by atoms with van der Waals surface area (Å²) in [6, 6.07) is 6.11. The highest BCUT2D eigenvalue weighted by atomic mass is 32.2. The molecule has 0 bridgehead atoms. The molecule has 1 aromatic heterocycles. The average molecular weight is 270 g/mol. The summed E-state index contributed by atoms with van der Waals surface area (Å²) in [6.07, 6.45) is 0. The van der Waals surface area contributed by atoms with Crippen LogP contribution >= 0.6 is 34.9 Å². The summed E-state index contributed by atoms with van der Waals surface area (Å²) in [5.41, 5.74) is 0. The number of rotatable bonds is 4. The lowest BCUT2D eigenvalue weighted by molar-refractivity contribution is 0.693. The van der Waals surface area contributed by atoms with E-state index in [4.69, 9.17) is 5.26 Å².